The Kier molecular flexibility index (Phi) is 11.3. The molecule has 0 bridgehead atoms. The Labute approximate surface area is 270 Å². The number of rotatable bonds is 10. The average molecular weight is 666 g/mol. The van der Waals surface area contributed by atoms with Crippen LogP contribution in [0.2, 0.25) is 0 Å². The van der Waals surface area contributed by atoms with E-state index >= 15 is 4.39 Å². The zero-order chi connectivity index (χ0) is 34.5. The number of likely N-dealkylation sites (tertiary alicyclic amines) is 1. The Balaban J connectivity index is 1.95. The van der Waals surface area contributed by atoms with Gasteiger partial charge in [-0.2, -0.15) is 0 Å². The highest BCUT2D eigenvalue weighted by Crippen LogP contribution is 2.38. The van der Waals surface area contributed by atoms with Crippen LogP contribution >= 0.6 is 0 Å². The van der Waals surface area contributed by atoms with Crippen molar-refractivity contribution in [3.05, 3.63) is 53.8 Å². The molecule has 0 aromatic heterocycles. The van der Waals surface area contributed by atoms with Crippen LogP contribution in [0.3, 0.4) is 0 Å². The van der Waals surface area contributed by atoms with Crippen LogP contribution in [0.25, 0.3) is 11.1 Å². The molecule has 1 aliphatic rings. The van der Waals surface area contributed by atoms with Gasteiger partial charge in [-0.25, -0.2) is 31.9 Å². The van der Waals surface area contributed by atoms with E-state index in [0.717, 1.165) is 6.26 Å². The quantitative estimate of drug-likeness (QED) is 0.214. The fraction of sp³-hybridized carbons (Fsp3) is 0.531. The number of hydrogen-bond acceptors (Lipinski definition) is 9. The maximum absolute atomic E-state index is 15.4. The minimum Gasteiger partial charge on any atom is -0.491 e. The summed E-state index contributed by atoms with van der Waals surface area (Å²) >= 11 is 0. The van der Waals surface area contributed by atoms with Gasteiger partial charge in [-0.15, -0.1) is 0 Å². The van der Waals surface area contributed by atoms with Crippen molar-refractivity contribution in [1.29, 1.82) is 0 Å². The normalized spacial score (nSPS) is 18.5. The lowest BCUT2D eigenvalue weighted by Gasteiger charge is -2.36. The fourth-order valence-corrected chi connectivity index (χ4v) is 5.98. The molecular weight excluding hydrogens is 621 g/mol. The zero-order valence-corrected chi connectivity index (χ0v) is 28.4. The van der Waals surface area contributed by atoms with Gasteiger partial charge >= 0.3 is 18.2 Å². The number of hydrogen-bond donors (Lipinski definition) is 2. The highest BCUT2D eigenvalue weighted by Gasteiger charge is 2.56. The van der Waals surface area contributed by atoms with Gasteiger partial charge in [0.05, 0.1) is 19.9 Å². The van der Waals surface area contributed by atoms with Gasteiger partial charge in [-0.1, -0.05) is 24.3 Å². The minimum atomic E-state index is -3.70. The molecule has 2 atom stereocenters. The van der Waals surface area contributed by atoms with Crippen molar-refractivity contribution in [2.45, 2.75) is 77.2 Å². The molecular formula is C32H44FN3O9S. The lowest BCUT2D eigenvalue weighted by atomic mass is 9.86. The molecule has 2 aromatic carbocycles. The first-order valence-corrected chi connectivity index (χ1v) is 16.7. The SMILES string of the molecule is COC(=O)[C@]1(Cc2ccc(F)c(-c3ccccc3OCCNC(=O)OC(C)(C)C)c2)C[C@@H](NS(C)(=O)=O)CN1C(=O)OC(C)(C)C. The van der Waals surface area contributed by atoms with E-state index in [0.29, 0.717) is 16.9 Å². The van der Waals surface area contributed by atoms with Crippen molar-refractivity contribution in [3.8, 4) is 16.9 Å². The molecule has 0 aliphatic carbocycles. The molecule has 1 saturated heterocycles. The Morgan fingerprint density at radius 1 is 1.00 bits per heavy atom. The average Bonchev–Trinajstić information content (AvgIpc) is 3.27. The van der Waals surface area contributed by atoms with Crippen LogP contribution < -0.4 is 14.8 Å². The number of sulfonamides is 1. The van der Waals surface area contributed by atoms with E-state index in [1.54, 1.807) is 71.9 Å². The van der Waals surface area contributed by atoms with E-state index in [4.69, 9.17) is 18.9 Å². The number of carbonyl (C=O) groups is 3. The topological polar surface area (TPSA) is 150 Å². The van der Waals surface area contributed by atoms with Gasteiger partial charge in [-0.3, -0.25) is 4.90 Å². The number of esters is 1. The predicted octanol–water partition coefficient (Wildman–Crippen LogP) is 4.41. The summed E-state index contributed by atoms with van der Waals surface area (Å²) in [7, 11) is -2.52. The molecule has 0 unspecified atom stereocenters. The number of carbonyl (C=O) groups excluding carboxylic acids is 3. The largest absolute Gasteiger partial charge is 0.491 e. The molecule has 0 saturated carbocycles. The van der Waals surface area contributed by atoms with Crippen molar-refractivity contribution >= 4 is 28.2 Å². The van der Waals surface area contributed by atoms with E-state index in [1.807, 2.05) is 0 Å². The second-order valence-electron chi connectivity index (χ2n) is 13.2. The highest BCUT2D eigenvalue weighted by atomic mass is 32.2. The van der Waals surface area contributed by atoms with Crippen LogP contribution in [-0.4, -0.2) is 87.3 Å². The van der Waals surface area contributed by atoms with E-state index in [-0.39, 0.29) is 38.1 Å². The Bertz CT molecular complexity index is 1540. The molecule has 2 aromatic rings. The fourth-order valence-electron chi connectivity index (χ4n) is 5.22. The summed E-state index contributed by atoms with van der Waals surface area (Å²) in [6, 6.07) is 10.2. The van der Waals surface area contributed by atoms with Gasteiger partial charge in [0.2, 0.25) is 10.0 Å². The van der Waals surface area contributed by atoms with Crippen molar-refractivity contribution < 1.29 is 46.1 Å². The first kappa shape index (κ1) is 36.6. The molecule has 14 heteroatoms. The van der Waals surface area contributed by atoms with Gasteiger partial charge in [0, 0.05) is 30.1 Å². The summed E-state index contributed by atoms with van der Waals surface area (Å²) in [5.41, 5.74) is -2.18. The smallest absolute Gasteiger partial charge is 0.411 e. The molecule has 1 heterocycles. The maximum Gasteiger partial charge on any atom is 0.411 e. The Morgan fingerprint density at radius 3 is 2.26 bits per heavy atom. The third-order valence-electron chi connectivity index (χ3n) is 6.80. The number of amides is 2. The second-order valence-corrected chi connectivity index (χ2v) is 14.9. The molecule has 2 amide bonds. The minimum absolute atomic E-state index is 0.0720. The lowest BCUT2D eigenvalue weighted by Crippen LogP contribution is -2.56. The van der Waals surface area contributed by atoms with Crippen molar-refractivity contribution in [3.63, 3.8) is 0 Å². The predicted molar refractivity (Wildman–Crippen MR) is 169 cm³/mol. The molecule has 2 N–H and O–H groups in total. The van der Waals surface area contributed by atoms with Crippen molar-refractivity contribution in [2.75, 3.05) is 33.1 Å². The van der Waals surface area contributed by atoms with E-state index < -0.39 is 56.8 Å². The molecule has 1 fully saturated rings. The number of nitrogens with zero attached hydrogens (tertiary/aromatic N) is 1. The van der Waals surface area contributed by atoms with Gasteiger partial charge in [-0.05, 0) is 71.7 Å². The number of ether oxygens (including phenoxy) is 4. The van der Waals surface area contributed by atoms with Gasteiger partial charge in [0.1, 0.15) is 34.9 Å². The first-order valence-electron chi connectivity index (χ1n) is 14.8. The van der Waals surface area contributed by atoms with Crippen LogP contribution in [-0.2, 0) is 35.4 Å². The highest BCUT2D eigenvalue weighted by molar-refractivity contribution is 7.88. The van der Waals surface area contributed by atoms with E-state index in [9.17, 15) is 22.8 Å². The number of alkyl carbamates (subject to hydrolysis) is 1. The second kappa shape index (κ2) is 14.2. The summed E-state index contributed by atoms with van der Waals surface area (Å²) in [6.07, 6.45) is -0.664. The van der Waals surface area contributed by atoms with Crippen LogP contribution in [0.4, 0.5) is 14.0 Å². The Morgan fingerprint density at radius 2 is 1.65 bits per heavy atom. The summed E-state index contributed by atoms with van der Waals surface area (Å²) in [6.45, 7) is 10.3. The standard InChI is InChI=1S/C32H44FN3O9S/c1-30(2,3)44-28(38)34-15-16-43-26-12-10-9-11-23(26)24-17-21(13-14-25(24)33)18-32(27(37)42-7)19-22(35-46(8,40)41)20-36(32)29(39)45-31(4,5)6/h9-14,17,22,35H,15-16,18-20H2,1-8H3,(H,34,38)/t22-,32+/m1/s1. The third-order valence-corrected chi connectivity index (χ3v) is 7.56. The number of halogens is 1. The van der Waals surface area contributed by atoms with E-state index in [2.05, 4.69) is 10.0 Å². The molecule has 0 spiro atoms. The number of methoxy groups -OCH3 is 1. The lowest BCUT2D eigenvalue weighted by molar-refractivity contribution is -0.153. The number of benzene rings is 2. The summed E-state index contributed by atoms with van der Waals surface area (Å²) < 4.78 is 63.9. The van der Waals surface area contributed by atoms with Crippen LogP contribution in [0.1, 0.15) is 53.5 Å². The van der Waals surface area contributed by atoms with Gasteiger partial charge in [0.15, 0.2) is 0 Å². The van der Waals surface area contributed by atoms with Gasteiger partial charge < -0.3 is 24.3 Å². The molecule has 254 valence electrons. The van der Waals surface area contributed by atoms with E-state index in [1.165, 1.54) is 24.1 Å². The summed E-state index contributed by atoms with van der Waals surface area (Å²) in [4.78, 5) is 40.1. The number of para-hydroxylation sites is 1. The molecule has 1 aliphatic heterocycles. The van der Waals surface area contributed by atoms with Gasteiger partial charge in [0.25, 0.3) is 0 Å². The molecule has 3 rings (SSSR count). The number of nitrogens with one attached hydrogen (secondary N) is 2. The van der Waals surface area contributed by atoms with Crippen molar-refractivity contribution in [2.24, 2.45) is 0 Å². The summed E-state index contributed by atoms with van der Waals surface area (Å²) in [5, 5.41) is 2.61. The monoisotopic (exact) mass is 665 g/mol. The van der Waals surface area contributed by atoms with Crippen LogP contribution in [0.5, 0.6) is 5.75 Å². The van der Waals surface area contributed by atoms with Crippen molar-refractivity contribution in [1.82, 2.24) is 14.9 Å². The molecule has 0 radical (unpaired) electrons. The van der Waals surface area contributed by atoms with Crippen LogP contribution in [0.15, 0.2) is 42.5 Å². The zero-order valence-electron chi connectivity index (χ0n) is 27.6. The molecule has 46 heavy (non-hydrogen) atoms. The third kappa shape index (κ3) is 10.0. The maximum atomic E-state index is 15.4. The first-order chi connectivity index (χ1) is 21.2. The van der Waals surface area contributed by atoms with Crippen LogP contribution in [0, 0.1) is 5.82 Å². The Hall–Kier alpha value is -3.91. The summed E-state index contributed by atoms with van der Waals surface area (Å²) in [5.74, 6) is -0.991. The molecule has 12 nitrogen and oxygen atoms in total.